The van der Waals surface area contributed by atoms with Crippen molar-refractivity contribution in [3.8, 4) is 22.4 Å². The second-order valence-corrected chi connectivity index (χ2v) is 11.1. The van der Waals surface area contributed by atoms with E-state index in [0.717, 1.165) is 23.0 Å². The SMILES string of the molecule is Cc1ccc2c(oc3c(-c4ccc5c(c4)CCC5C4CCCCC4)cccc32)c1-c1cccc[n+]1C. The molecule has 0 N–H and O–H groups in total. The second-order valence-electron chi connectivity index (χ2n) is 11.1. The Morgan fingerprint density at radius 3 is 2.53 bits per heavy atom. The van der Waals surface area contributed by atoms with Gasteiger partial charge in [-0.1, -0.05) is 67.8 Å². The van der Waals surface area contributed by atoms with Gasteiger partial charge >= 0.3 is 0 Å². The topological polar surface area (TPSA) is 17.0 Å². The number of nitrogens with zero attached hydrogens (tertiary/aromatic N) is 1. The van der Waals surface area contributed by atoms with Crippen molar-refractivity contribution in [1.29, 1.82) is 0 Å². The minimum atomic E-state index is 0.772. The maximum absolute atomic E-state index is 6.78. The normalized spacial score (nSPS) is 18.2. The van der Waals surface area contributed by atoms with Gasteiger partial charge in [0.05, 0.1) is 5.56 Å². The highest BCUT2D eigenvalue weighted by atomic mass is 16.3. The molecule has 7 rings (SSSR count). The Morgan fingerprint density at radius 2 is 1.67 bits per heavy atom. The number of hydrogen-bond acceptors (Lipinski definition) is 1. The van der Waals surface area contributed by atoms with Gasteiger partial charge in [-0.3, -0.25) is 0 Å². The number of aryl methyl sites for hydroxylation is 3. The number of pyridine rings is 1. The number of furan rings is 1. The van der Waals surface area contributed by atoms with Gasteiger partial charge in [0.15, 0.2) is 6.20 Å². The molecule has 1 unspecified atom stereocenters. The Bertz CT molecular complexity index is 1600. The van der Waals surface area contributed by atoms with Crippen molar-refractivity contribution >= 4 is 21.9 Å². The summed E-state index contributed by atoms with van der Waals surface area (Å²) in [4.78, 5) is 0. The fraction of sp³-hybridized carbons (Fsp3) is 0.324. The lowest BCUT2D eigenvalue weighted by atomic mass is 9.77. The molecule has 0 bridgehead atoms. The molecule has 0 aliphatic heterocycles. The number of para-hydroxylation sites is 1. The summed E-state index contributed by atoms with van der Waals surface area (Å²) in [7, 11) is 2.10. The van der Waals surface area contributed by atoms with Crippen molar-refractivity contribution in [3.63, 3.8) is 0 Å². The molecule has 2 heterocycles. The van der Waals surface area contributed by atoms with Crippen LogP contribution in [0.5, 0.6) is 0 Å². The summed E-state index contributed by atoms with van der Waals surface area (Å²) < 4.78 is 8.96. The molecular formula is C34H34NO+. The fourth-order valence-corrected chi connectivity index (χ4v) is 7.13. The molecule has 0 amide bonds. The molecule has 1 saturated carbocycles. The third-order valence-electron chi connectivity index (χ3n) is 8.98. The Kier molecular flexibility index (Phi) is 5.23. The summed E-state index contributed by atoms with van der Waals surface area (Å²) in [5.41, 5.74) is 11.2. The van der Waals surface area contributed by atoms with Crippen LogP contribution in [0.4, 0.5) is 0 Å². The molecule has 180 valence electrons. The summed E-state index contributed by atoms with van der Waals surface area (Å²) >= 11 is 0. The van der Waals surface area contributed by atoms with E-state index in [4.69, 9.17) is 4.42 Å². The van der Waals surface area contributed by atoms with Crippen LogP contribution >= 0.6 is 0 Å². The first-order valence-electron chi connectivity index (χ1n) is 13.7. The minimum absolute atomic E-state index is 0.772. The summed E-state index contributed by atoms with van der Waals surface area (Å²) in [6.45, 7) is 2.18. The molecule has 0 saturated heterocycles. The molecule has 0 radical (unpaired) electrons. The van der Waals surface area contributed by atoms with Crippen molar-refractivity contribution < 1.29 is 8.98 Å². The van der Waals surface area contributed by atoms with E-state index in [1.54, 1.807) is 11.1 Å². The van der Waals surface area contributed by atoms with E-state index in [1.807, 2.05) is 0 Å². The molecule has 3 aromatic carbocycles. The van der Waals surface area contributed by atoms with Crippen LogP contribution in [0.15, 0.2) is 77.3 Å². The van der Waals surface area contributed by atoms with Gasteiger partial charge in [0.2, 0.25) is 5.69 Å². The third-order valence-corrected chi connectivity index (χ3v) is 8.98. The molecule has 2 aliphatic rings. The predicted octanol–water partition coefficient (Wildman–Crippen LogP) is 8.66. The Morgan fingerprint density at radius 1 is 0.806 bits per heavy atom. The number of aromatic nitrogens is 1. The van der Waals surface area contributed by atoms with Crippen molar-refractivity contribution in [2.45, 2.75) is 57.8 Å². The molecule has 2 aliphatic carbocycles. The monoisotopic (exact) mass is 472 g/mol. The summed E-state index contributed by atoms with van der Waals surface area (Å²) in [5.74, 6) is 1.67. The minimum Gasteiger partial charge on any atom is -0.454 e. The largest absolute Gasteiger partial charge is 0.454 e. The summed E-state index contributed by atoms with van der Waals surface area (Å²) in [6, 6.07) is 24.7. The van der Waals surface area contributed by atoms with E-state index >= 15 is 0 Å². The van der Waals surface area contributed by atoms with E-state index in [2.05, 4.69) is 91.5 Å². The van der Waals surface area contributed by atoms with Crippen LogP contribution in [-0.4, -0.2) is 0 Å². The van der Waals surface area contributed by atoms with Crippen molar-refractivity contribution in [3.05, 3.63) is 89.6 Å². The number of hydrogen-bond donors (Lipinski definition) is 0. The first-order valence-corrected chi connectivity index (χ1v) is 13.7. The van der Waals surface area contributed by atoms with Crippen LogP contribution in [-0.2, 0) is 13.5 Å². The van der Waals surface area contributed by atoms with E-state index in [1.165, 1.54) is 83.7 Å². The van der Waals surface area contributed by atoms with Gasteiger partial charge in [0, 0.05) is 28.5 Å². The summed E-state index contributed by atoms with van der Waals surface area (Å²) in [5, 5.41) is 2.39. The van der Waals surface area contributed by atoms with Gasteiger partial charge in [-0.2, -0.15) is 0 Å². The highest BCUT2D eigenvalue weighted by Gasteiger charge is 2.31. The average Bonchev–Trinajstić information content (AvgIpc) is 3.51. The molecule has 1 fully saturated rings. The first-order chi connectivity index (χ1) is 17.7. The van der Waals surface area contributed by atoms with Crippen LogP contribution in [0.3, 0.4) is 0 Å². The van der Waals surface area contributed by atoms with E-state index < -0.39 is 0 Å². The van der Waals surface area contributed by atoms with E-state index in [0.29, 0.717) is 0 Å². The first kappa shape index (κ1) is 21.9. The van der Waals surface area contributed by atoms with Crippen molar-refractivity contribution in [2.75, 3.05) is 0 Å². The van der Waals surface area contributed by atoms with Crippen LogP contribution < -0.4 is 4.57 Å². The number of rotatable bonds is 3. The average molecular weight is 473 g/mol. The van der Waals surface area contributed by atoms with Gasteiger partial charge in [0.25, 0.3) is 0 Å². The van der Waals surface area contributed by atoms with Gasteiger partial charge in [-0.25, -0.2) is 4.57 Å². The van der Waals surface area contributed by atoms with E-state index in [9.17, 15) is 0 Å². The lowest BCUT2D eigenvalue weighted by Gasteiger charge is -2.28. The van der Waals surface area contributed by atoms with Crippen molar-refractivity contribution in [2.24, 2.45) is 13.0 Å². The molecule has 1 atom stereocenters. The second kappa shape index (κ2) is 8.62. The fourth-order valence-electron chi connectivity index (χ4n) is 7.13. The molecule has 5 aromatic rings. The highest BCUT2D eigenvalue weighted by Crippen LogP contribution is 2.46. The standard InChI is InChI=1S/C34H34NO/c1-22-14-17-30-29-12-8-11-28(33(29)36-34(30)32(22)31-13-6-7-20-35(31)2)25-16-19-27-24(21-25)15-18-26(27)23-9-4-3-5-10-23/h6-8,11-14,16-17,19-21,23,26H,3-5,9-10,15,18H2,1-2H3/q+1. The number of fused-ring (bicyclic) bond motifs is 4. The van der Waals surface area contributed by atoms with Gasteiger partial charge in [-0.15, -0.1) is 0 Å². The zero-order chi connectivity index (χ0) is 24.2. The lowest BCUT2D eigenvalue weighted by Crippen LogP contribution is -2.30. The highest BCUT2D eigenvalue weighted by molar-refractivity contribution is 6.13. The summed E-state index contributed by atoms with van der Waals surface area (Å²) in [6.07, 6.45) is 11.8. The van der Waals surface area contributed by atoms with E-state index in [-0.39, 0.29) is 0 Å². The zero-order valence-corrected chi connectivity index (χ0v) is 21.4. The maximum Gasteiger partial charge on any atom is 0.216 e. The van der Waals surface area contributed by atoms with Crippen molar-refractivity contribution in [1.82, 2.24) is 0 Å². The predicted molar refractivity (Wildman–Crippen MR) is 148 cm³/mol. The molecule has 2 aromatic heterocycles. The Balaban J connectivity index is 1.36. The molecule has 36 heavy (non-hydrogen) atoms. The van der Waals surface area contributed by atoms with Gasteiger partial charge < -0.3 is 4.42 Å². The Labute approximate surface area is 213 Å². The third kappa shape index (κ3) is 3.42. The molecule has 2 nitrogen and oxygen atoms in total. The smallest absolute Gasteiger partial charge is 0.216 e. The van der Waals surface area contributed by atoms with Crippen LogP contribution in [0.1, 0.15) is 61.1 Å². The zero-order valence-electron chi connectivity index (χ0n) is 21.4. The molecule has 2 heteroatoms. The number of benzene rings is 3. The quantitative estimate of drug-likeness (QED) is 0.240. The molecular weight excluding hydrogens is 438 g/mol. The lowest BCUT2D eigenvalue weighted by molar-refractivity contribution is -0.660. The Hall–Kier alpha value is -3.39. The van der Waals surface area contributed by atoms with Gasteiger partial charge in [-0.05, 0) is 72.8 Å². The van der Waals surface area contributed by atoms with Gasteiger partial charge in [0.1, 0.15) is 18.2 Å². The maximum atomic E-state index is 6.78. The van der Waals surface area contributed by atoms with Crippen LogP contribution in [0, 0.1) is 12.8 Å². The molecule has 0 spiro atoms. The van der Waals surface area contributed by atoms with Crippen LogP contribution in [0.2, 0.25) is 0 Å². The van der Waals surface area contributed by atoms with Crippen LogP contribution in [0.25, 0.3) is 44.3 Å².